The van der Waals surface area contributed by atoms with E-state index in [0.29, 0.717) is 5.92 Å². The minimum atomic E-state index is 0. The topological polar surface area (TPSA) is 12.4 Å². The molecule has 1 unspecified atom stereocenters. The van der Waals surface area contributed by atoms with Crippen molar-refractivity contribution in [2.75, 3.05) is 0 Å². The van der Waals surface area contributed by atoms with Crippen molar-refractivity contribution in [1.82, 2.24) is 0 Å². The summed E-state index contributed by atoms with van der Waals surface area (Å²) in [5.74, 6) is 0.384. The normalized spacial score (nSPS) is 20.0. The van der Waals surface area contributed by atoms with Gasteiger partial charge in [0.2, 0.25) is 0 Å². The molecule has 3 rings (SSSR count). The standard InChI is InChI=1S/C19H21N.2ClH.Zr/c1-4-6-14-9-10-15(12-14)19-16-7-5-8-17(16)20-18(19)11-13(2)3;;;/h5,7-12,15H,4,6H2,1-3H3;2*1H;/q;;;+2/p-2. The fourth-order valence-corrected chi connectivity index (χ4v) is 3.00. The Morgan fingerprint density at radius 1 is 1.22 bits per heavy atom. The van der Waals surface area contributed by atoms with Crippen LogP contribution in [0.3, 0.4) is 0 Å². The van der Waals surface area contributed by atoms with Gasteiger partial charge in [-0.3, -0.25) is 0 Å². The van der Waals surface area contributed by atoms with Crippen molar-refractivity contribution in [3.8, 4) is 0 Å². The van der Waals surface area contributed by atoms with Gasteiger partial charge in [-0.15, -0.1) is 0 Å². The molecule has 3 aliphatic rings. The number of allylic oxidation sites excluding steroid dienone is 10. The molecular weight excluding hydrogens is 404 g/mol. The van der Waals surface area contributed by atoms with Crippen molar-refractivity contribution in [2.24, 2.45) is 10.9 Å². The van der Waals surface area contributed by atoms with Crippen LogP contribution in [-0.2, 0) is 26.2 Å². The molecule has 0 N–H and O–H groups in total. The molecule has 0 radical (unpaired) electrons. The zero-order valence-corrected chi connectivity index (χ0v) is 17.7. The molecule has 0 bridgehead atoms. The van der Waals surface area contributed by atoms with Gasteiger partial charge >= 0.3 is 26.2 Å². The summed E-state index contributed by atoms with van der Waals surface area (Å²) in [7, 11) is 0. The van der Waals surface area contributed by atoms with E-state index in [9.17, 15) is 0 Å². The van der Waals surface area contributed by atoms with Crippen molar-refractivity contribution in [1.29, 1.82) is 0 Å². The molecule has 120 valence electrons. The maximum absolute atomic E-state index is 4.79. The third-order valence-electron chi connectivity index (χ3n) is 3.81. The summed E-state index contributed by atoms with van der Waals surface area (Å²) in [6, 6.07) is 0. The predicted octanol–water partition coefficient (Wildman–Crippen LogP) is -0.924. The van der Waals surface area contributed by atoms with Crippen LogP contribution in [-0.4, -0.2) is 5.71 Å². The fourth-order valence-electron chi connectivity index (χ4n) is 3.00. The van der Waals surface area contributed by atoms with Gasteiger partial charge in [0.25, 0.3) is 0 Å². The van der Waals surface area contributed by atoms with Gasteiger partial charge in [0.1, 0.15) is 0 Å². The maximum atomic E-state index is 4.79. The number of rotatable bonds is 4. The first-order chi connectivity index (χ1) is 9.69. The molecule has 0 saturated carbocycles. The third kappa shape index (κ3) is 4.78. The summed E-state index contributed by atoms with van der Waals surface area (Å²) in [4.78, 5) is 4.79. The molecule has 1 heterocycles. The Morgan fingerprint density at radius 3 is 2.61 bits per heavy atom. The average Bonchev–Trinajstić information content (AvgIpc) is 3.04. The first-order valence-electron chi connectivity index (χ1n) is 7.45. The number of halogens is 2. The molecule has 0 spiro atoms. The molecular formula is C19H21Cl2NZr. The Labute approximate surface area is 171 Å². The molecule has 0 fully saturated rings. The van der Waals surface area contributed by atoms with Gasteiger partial charge in [-0.25, -0.2) is 4.99 Å². The molecule has 1 aliphatic heterocycles. The van der Waals surface area contributed by atoms with E-state index in [4.69, 9.17) is 4.99 Å². The van der Waals surface area contributed by atoms with Crippen molar-refractivity contribution in [2.45, 2.75) is 33.6 Å². The van der Waals surface area contributed by atoms with Crippen LogP contribution in [0, 0.1) is 5.92 Å². The summed E-state index contributed by atoms with van der Waals surface area (Å²) in [6.45, 7) is 6.49. The minimum absolute atomic E-state index is 0. The van der Waals surface area contributed by atoms with Crippen molar-refractivity contribution in [3.63, 3.8) is 0 Å². The third-order valence-corrected chi connectivity index (χ3v) is 3.81. The van der Waals surface area contributed by atoms with Gasteiger partial charge in [-0.2, -0.15) is 0 Å². The molecule has 2 aliphatic carbocycles. The van der Waals surface area contributed by atoms with Gasteiger partial charge in [0, 0.05) is 11.5 Å². The Morgan fingerprint density at radius 2 is 1.96 bits per heavy atom. The van der Waals surface area contributed by atoms with Gasteiger partial charge < -0.3 is 24.8 Å². The molecule has 1 nitrogen and oxygen atoms in total. The second-order valence-electron chi connectivity index (χ2n) is 5.83. The summed E-state index contributed by atoms with van der Waals surface area (Å²) in [6.07, 6.45) is 18.0. The zero-order valence-electron chi connectivity index (χ0n) is 13.7. The van der Waals surface area contributed by atoms with Crippen LogP contribution in [0.15, 0.2) is 75.5 Å². The number of hydrogen-bond donors (Lipinski definition) is 0. The summed E-state index contributed by atoms with van der Waals surface area (Å²) in [5.41, 5.74) is 7.69. The van der Waals surface area contributed by atoms with E-state index in [2.05, 4.69) is 63.3 Å². The van der Waals surface area contributed by atoms with Crippen LogP contribution in [0.2, 0.25) is 0 Å². The first-order valence-corrected chi connectivity index (χ1v) is 7.45. The van der Waals surface area contributed by atoms with E-state index >= 15 is 0 Å². The monoisotopic (exact) mass is 423 g/mol. The van der Waals surface area contributed by atoms with E-state index in [-0.39, 0.29) is 51.0 Å². The Balaban J connectivity index is 0.00000161. The van der Waals surface area contributed by atoms with Crippen molar-refractivity contribution < 1.29 is 51.0 Å². The van der Waals surface area contributed by atoms with E-state index in [1.165, 1.54) is 35.1 Å². The summed E-state index contributed by atoms with van der Waals surface area (Å²) in [5, 5.41) is 0. The molecule has 23 heavy (non-hydrogen) atoms. The number of hydrogen-bond acceptors (Lipinski definition) is 1. The SMILES string of the molecule is CCCC1=CC(C2=C3C=CC=C3N=C2C=C(C)C)C=C1.[Cl-].[Cl-].[Zr+2]. The van der Waals surface area contributed by atoms with Crippen LogP contribution >= 0.6 is 0 Å². The first kappa shape index (κ1) is 22.6. The number of nitrogens with zero attached hydrogens (tertiary/aromatic N) is 1. The van der Waals surface area contributed by atoms with Crippen LogP contribution in [0.25, 0.3) is 0 Å². The van der Waals surface area contributed by atoms with Crippen molar-refractivity contribution >= 4 is 5.71 Å². The van der Waals surface area contributed by atoms with Gasteiger partial charge in [-0.05, 0) is 38.0 Å². The maximum Gasteiger partial charge on any atom is 2.00 e. The fraction of sp³-hybridized carbons (Fsp3) is 0.316. The van der Waals surface area contributed by atoms with E-state index < -0.39 is 0 Å². The van der Waals surface area contributed by atoms with Gasteiger partial charge in [0.05, 0.1) is 11.4 Å². The van der Waals surface area contributed by atoms with Gasteiger partial charge in [0.15, 0.2) is 0 Å². The van der Waals surface area contributed by atoms with Crippen LogP contribution in [0.4, 0.5) is 0 Å². The Kier molecular flexibility index (Phi) is 9.59. The number of aliphatic imine (C=N–C) groups is 1. The molecule has 1 atom stereocenters. The smallest absolute Gasteiger partial charge is 1.00 e. The predicted molar refractivity (Wildman–Crippen MR) is 86.7 cm³/mol. The summed E-state index contributed by atoms with van der Waals surface area (Å²) < 4.78 is 0. The van der Waals surface area contributed by atoms with E-state index in [0.717, 1.165) is 11.4 Å². The molecule has 4 heteroatoms. The molecule has 0 aromatic heterocycles. The van der Waals surface area contributed by atoms with Crippen LogP contribution < -0.4 is 24.8 Å². The second kappa shape index (κ2) is 9.77. The van der Waals surface area contributed by atoms with E-state index in [1.54, 1.807) is 0 Å². The molecule has 0 aromatic rings. The zero-order chi connectivity index (χ0) is 14.1. The van der Waals surface area contributed by atoms with Crippen molar-refractivity contribution in [3.05, 3.63) is 70.5 Å². The second-order valence-corrected chi connectivity index (χ2v) is 5.83. The Bertz CT molecular complexity index is 657. The molecule has 0 amide bonds. The quantitative estimate of drug-likeness (QED) is 0.553. The number of fused-ring (bicyclic) bond motifs is 1. The minimum Gasteiger partial charge on any atom is -1.00 e. The Hall–Kier alpha value is -0.427. The average molecular weight is 426 g/mol. The van der Waals surface area contributed by atoms with Gasteiger partial charge in [-0.1, -0.05) is 54.9 Å². The summed E-state index contributed by atoms with van der Waals surface area (Å²) >= 11 is 0. The van der Waals surface area contributed by atoms with Crippen LogP contribution in [0.5, 0.6) is 0 Å². The molecule has 0 aromatic carbocycles. The van der Waals surface area contributed by atoms with Crippen LogP contribution in [0.1, 0.15) is 33.6 Å². The molecule has 0 saturated heterocycles. The van der Waals surface area contributed by atoms with E-state index in [1.807, 2.05) is 0 Å². The largest absolute Gasteiger partial charge is 2.00 e.